The number of aromatic nitrogens is 2. The van der Waals surface area contributed by atoms with Gasteiger partial charge in [0.05, 0.1) is 12.1 Å². The van der Waals surface area contributed by atoms with Crippen LogP contribution in [0, 0.1) is 0 Å². The number of amides is 1. The lowest BCUT2D eigenvalue weighted by Crippen LogP contribution is -2.35. The van der Waals surface area contributed by atoms with E-state index in [1.54, 1.807) is 6.92 Å². The normalized spacial score (nSPS) is 17.2. The van der Waals surface area contributed by atoms with Crippen LogP contribution in [-0.4, -0.2) is 44.8 Å². The van der Waals surface area contributed by atoms with E-state index < -0.39 is 5.97 Å². The Balaban J connectivity index is 1.90. The summed E-state index contributed by atoms with van der Waals surface area (Å²) in [7, 11) is 1.94. The number of allylic oxidation sites excluding steroid dienone is 2. The molecular weight excluding hydrogens is 332 g/mol. The van der Waals surface area contributed by atoms with Gasteiger partial charge >= 0.3 is 5.97 Å². The van der Waals surface area contributed by atoms with Crippen LogP contribution in [0.3, 0.4) is 0 Å². The maximum atomic E-state index is 11.8. The minimum absolute atomic E-state index is 0.0658. The topological polar surface area (TPSA) is 78.7 Å². The van der Waals surface area contributed by atoms with E-state index in [-0.39, 0.29) is 11.5 Å². The Hall–Kier alpha value is -2.83. The highest BCUT2D eigenvalue weighted by molar-refractivity contribution is 5.89. The molecule has 2 aliphatic rings. The SMILES string of the molecule is C=C(/C=C\C1=C(C)N(c2nn(C)c3c2CN(C(C)=O)CC3)CC1)C(=O)O. The molecule has 1 amide bonds. The van der Waals surface area contributed by atoms with Gasteiger partial charge in [0, 0.05) is 50.4 Å². The summed E-state index contributed by atoms with van der Waals surface area (Å²) in [4.78, 5) is 26.7. The summed E-state index contributed by atoms with van der Waals surface area (Å²) in [6.45, 7) is 9.23. The Kier molecular flexibility index (Phi) is 4.71. The first kappa shape index (κ1) is 18.0. The van der Waals surface area contributed by atoms with Crippen molar-refractivity contribution in [2.24, 2.45) is 7.05 Å². The number of carbonyl (C=O) groups is 2. The second-order valence-corrected chi connectivity index (χ2v) is 6.74. The second-order valence-electron chi connectivity index (χ2n) is 6.74. The van der Waals surface area contributed by atoms with Gasteiger partial charge in [-0.3, -0.25) is 9.48 Å². The average Bonchev–Trinajstić information content (AvgIpc) is 3.12. The third-order valence-corrected chi connectivity index (χ3v) is 5.16. The molecule has 26 heavy (non-hydrogen) atoms. The predicted octanol–water partition coefficient (Wildman–Crippen LogP) is 2.01. The van der Waals surface area contributed by atoms with Crippen LogP contribution in [0.2, 0.25) is 0 Å². The van der Waals surface area contributed by atoms with E-state index in [2.05, 4.69) is 11.5 Å². The van der Waals surface area contributed by atoms with Crippen LogP contribution in [0.15, 0.2) is 35.6 Å². The molecule has 0 saturated heterocycles. The van der Waals surface area contributed by atoms with Crippen molar-refractivity contribution < 1.29 is 14.7 Å². The molecule has 1 aromatic rings. The molecule has 1 N–H and O–H groups in total. The van der Waals surface area contributed by atoms with Gasteiger partial charge in [0.2, 0.25) is 5.91 Å². The van der Waals surface area contributed by atoms with Crippen molar-refractivity contribution >= 4 is 17.7 Å². The van der Waals surface area contributed by atoms with Gasteiger partial charge in [0.1, 0.15) is 0 Å². The standard InChI is InChI=1S/C19H24N4O3/c1-12(19(25)26)5-6-15-7-10-23(13(15)2)18-16-11-22(14(3)24)9-8-17(16)21(4)20-18/h5-6H,1,7-11H2,2-4H3,(H,25,26)/b6-5-. The number of rotatable bonds is 4. The van der Waals surface area contributed by atoms with Crippen LogP contribution in [0.5, 0.6) is 0 Å². The number of carboxylic acids is 1. The lowest BCUT2D eigenvalue weighted by Gasteiger charge is -2.28. The predicted molar refractivity (Wildman–Crippen MR) is 98.6 cm³/mol. The van der Waals surface area contributed by atoms with Gasteiger partial charge in [-0.2, -0.15) is 5.10 Å². The molecule has 138 valence electrons. The Morgan fingerprint density at radius 3 is 2.65 bits per heavy atom. The molecule has 0 radical (unpaired) electrons. The maximum absolute atomic E-state index is 11.8. The van der Waals surface area contributed by atoms with Crippen molar-refractivity contribution in [1.82, 2.24) is 14.7 Å². The third-order valence-electron chi connectivity index (χ3n) is 5.16. The third kappa shape index (κ3) is 3.16. The van der Waals surface area contributed by atoms with Gasteiger partial charge in [-0.25, -0.2) is 4.79 Å². The highest BCUT2D eigenvalue weighted by Crippen LogP contribution is 2.34. The Morgan fingerprint density at radius 2 is 2.00 bits per heavy atom. The van der Waals surface area contributed by atoms with E-state index in [9.17, 15) is 9.59 Å². The number of hydrogen-bond acceptors (Lipinski definition) is 4. The summed E-state index contributed by atoms with van der Waals surface area (Å²) in [5.41, 5.74) is 4.48. The monoisotopic (exact) mass is 356 g/mol. The molecule has 0 fully saturated rings. The van der Waals surface area contributed by atoms with Gasteiger partial charge in [0.15, 0.2) is 5.82 Å². The van der Waals surface area contributed by atoms with E-state index in [0.29, 0.717) is 6.54 Å². The lowest BCUT2D eigenvalue weighted by molar-refractivity contribution is -0.132. The molecule has 0 aromatic carbocycles. The van der Waals surface area contributed by atoms with Gasteiger partial charge < -0.3 is 14.9 Å². The van der Waals surface area contributed by atoms with E-state index in [4.69, 9.17) is 10.2 Å². The van der Waals surface area contributed by atoms with Crippen LogP contribution in [-0.2, 0) is 29.6 Å². The molecule has 0 aliphatic carbocycles. The molecule has 3 rings (SSSR count). The Labute approximate surface area is 152 Å². The summed E-state index contributed by atoms with van der Waals surface area (Å²) in [6, 6.07) is 0. The second kappa shape index (κ2) is 6.82. The molecule has 7 nitrogen and oxygen atoms in total. The average molecular weight is 356 g/mol. The first-order valence-corrected chi connectivity index (χ1v) is 8.67. The highest BCUT2D eigenvalue weighted by atomic mass is 16.4. The largest absolute Gasteiger partial charge is 0.478 e. The molecule has 3 heterocycles. The molecule has 7 heteroatoms. The van der Waals surface area contributed by atoms with Crippen molar-refractivity contribution in [3.05, 3.63) is 46.8 Å². The summed E-state index contributed by atoms with van der Waals surface area (Å²) in [6.07, 6.45) is 4.98. The number of hydrogen-bond donors (Lipinski definition) is 1. The zero-order valence-corrected chi connectivity index (χ0v) is 15.4. The Morgan fingerprint density at radius 1 is 1.27 bits per heavy atom. The highest BCUT2D eigenvalue weighted by Gasteiger charge is 2.30. The zero-order valence-electron chi connectivity index (χ0n) is 15.4. The van der Waals surface area contributed by atoms with Crippen molar-refractivity contribution in [2.75, 3.05) is 18.0 Å². The van der Waals surface area contributed by atoms with Crippen LogP contribution in [0.25, 0.3) is 0 Å². The molecule has 0 atom stereocenters. The minimum Gasteiger partial charge on any atom is -0.478 e. The number of nitrogens with zero attached hydrogens (tertiary/aromatic N) is 4. The quantitative estimate of drug-likeness (QED) is 0.659. The summed E-state index contributed by atoms with van der Waals surface area (Å²) in [5, 5.41) is 13.6. The zero-order chi connectivity index (χ0) is 19.0. The van der Waals surface area contributed by atoms with E-state index in [0.717, 1.165) is 48.6 Å². The number of carboxylic acid groups (broad SMARTS) is 1. The first-order chi connectivity index (χ1) is 12.3. The number of fused-ring (bicyclic) bond motifs is 1. The summed E-state index contributed by atoms with van der Waals surface area (Å²) >= 11 is 0. The van der Waals surface area contributed by atoms with Crippen molar-refractivity contribution in [1.29, 1.82) is 0 Å². The molecule has 0 unspecified atom stereocenters. The summed E-state index contributed by atoms with van der Waals surface area (Å²) in [5.74, 6) is -0.0427. The molecule has 1 aromatic heterocycles. The summed E-state index contributed by atoms with van der Waals surface area (Å²) < 4.78 is 1.91. The van der Waals surface area contributed by atoms with Crippen LogP contribution in [0.4, 0.5) is 5.82 Å². The molecule has 0 saturated carbocycles. The first-order valence-electron chi connectivity index (χ1n) is 8.67. The maximum Gasteiger partial charge on any atom is 0.335 e. The van der Waals surface area contributed by atoms with Crippen molar-refractivity contribution in [3.63, 3.8) is 0 Å². The Bertz CT molecular complexity index is 847. The number of aryl methyl sites for hydroxylation is 1. The minimum atomic E-state index is -1.02. The molecular formula is C19H24N4O3. The van der Waals surface area contributed by atoms with Gasteiger partial charge in [-0.05, 0) is 25.0 Å². The van der Waals surface area contributed by atoms with Gasteiger partial charge in [-0.15, -0.1) is 0 Å². The smallest absolute Gasteiger partial charge is 0.335 e. The number of carbonyl (C=O) groups excluding carboxylic acids is 1. The number of aliphatic carboxylic acids is 1. The molecule has 0 spiro atoms. The van der Waals surface area contributed by atoms with Crippen molar-refractivity contribution in [3.8, 4) is 0 Å². The van der Waals surface area contributed by atoms with Crippen LogP contribution < -0.4 is 4.90 Å². The van der Waals surface area contributed by atoms with Gasteiger partial charge in [-0.1, -0.05) is 12.7 Å². The fourth-order valence-corrected chi connectivity index (χ4v) is 3.55. The van der Waals surface area contributed by atoms with Crippen molar-refractivity contribution in [2.45, 2.75) is 33.2 Å². The van der Waals surface area contributed by atoms with E-state index in [1.165, 1.54) is 11.8 Å². The van der Waals surface area contributed by atoms with Crippen LogP contribution >= 0.6 is 0 Å². The molecule has 0 bridgehead atoms. The fourth-order valence-electron chi connectivity index (χ4n) is 3.55. The van der Waals surface area contributed by atoms with E-state index >= 15 is 0 Å². The fraction of sp³-hybridized carbons (Fsp3) is 0.421. The lowest BCUT2D eigenvalue weighted by atomic mass is 10.1. The van der Waals surface area contributed by atoms with Gasteiger partial charge in [0.25, 0.3) is 0 Å². The van der Waals surface area contributed by atoms with Crippen LogP contribution in [0.1, 0.15) is 31.5 Å². The van der Waals surface area contributed by atoms with E-state index in [1.807, 2.05) is 29.6 Å². The number of anilines is 1. The molecule has 2 aliphatic heterocycles.